The number of anilines is 1. The molecule has 0 aromatic carbocycles. The number of aromatic nitrogens is 2. The molecule has 1 atom stereocenters. The van der Waals surface area contributed by atoms with E-state index < -0.39 is 0 Å². The van der Waals surface area contributed by atoms with Gasteiger partial charge >= 0.3 is 0 Å². The molecular weight excluding hydrogens is 238 g/mol. The van der Waals surface area contributed by atoms with Crippen molar-refractivity contribution >= 4 is 5.95 Å². The van der Waals surface area contributed by atoms with E-state index in [0.717, 1.165) is 56.5 Å². The van der Waals surface area contributed by atoms with E-state index in [1.165, 1.54) is 0 Å². The lowest BCUT2D eigenvalue weighted by atomic mass is 10.2. The number of aryl methyl sites for hydroxylation is 2. The van der Waals surface area contributed by atoms with Gasteiger partial charge in [-0.25, -0.2) is 9.97 Å². The van der Waals surface area contributed by atoms with E-state index in [1.54, 1.807) is 0 Å². The number of hydrogen-bond acceptors (Lipinski definition) is 5. The Hall–Kier alpha value is -1.20. The molecule has 0 spiro atoms. The zero-order valence-corrected chi connectivity index (χ0v) is 12.3. The molecule has 2 rings (SSSR count). The monoisotopic (exact) mass is 263 g/mol. The molecular formula is C14H25N5. The summed E-state index contributed by atoms with van der Waals surface area (Å²) in [7, 11) is 0. The summed E-state index contributed by atoms with van der Waals surface area (Å²) in [6, 6.07) is 2.31. The number of nitrogens with zero attached hydrogens (tertiary/aromatic N) is 4. The first-order valence-electron chi connectivity index (χ1n) is 7.13. The van der Waals surface area contributed by atoms with Crippen LogP contribution in [0.3, 0.4) is 0 Å². The molecule has 1 unspecified atom stereocenters. The Balaban J connectivity index is 1.92. The summed E-state index contributed by atoms with van der Waals surface area (Å²) in [6.45, 7) is 11.2. The molecule has 1 aliphatic heterocycles. The fraction of sp³-hybridized carbons (Fsp3) is 0.714. The highest BCUT2D eigenvalue weighted by molar-refractivity contribution is 5.32. The molecule has 0 radical (unpaired) electrons. The fourth-order valence-corrected chi connectivity index (χ4v) is 2.44. The van der Waals surface area contributed by atoms with Gasteiger partial charge in [-0.2, -0.15) is 0 Å². The third-order valence-corrected chi connectivity index (χ3v) is 3.64. The Bertz CT molecular complexity index is 392. The van der Waals surface area contributed by atoms with E-state index in [4.69, 9.17) is 5.73 Å². The predicted octanol–water partition coefficient (Wildman–Crippen LogP) is 0.953. The third kappa shape index (κ3) is 3.88. The van der Waals surface area contributed by atoms with Crippen molar-refractivity contribution < 1.29 is 0 Å². The van der Waals surface area contributed by atoms with Crippen molar-refractivity contribution in [2.45, 2.75) is 33.2 Å². The van der Waals surface area contributed by atoms with Crippen LogP contribution in [0, 0.1) is 13.8 Å². The van der Waals surface area contributed by atoms with E-state index in [1.807, 2.05) is 19.9 Å². The van der Waals surface area contributed by atoms with E-state index in [0.29, 0.717) is 6.04 Å². The molecule has 0 bridgehead atoms. The minimum absolute atomic E-state index is 0.295. The summed E-state index contributed by atoms with van der Waals surface area (Å²) >= 11 is 0. The Labute approximate surface area is 115 Å². The van der Waals surface area contributed by atoms with Crippen molar-refractivity contribution in [2.24, 2.45) is 5.73 Å². The standard InChI is InChI=1S/C14H25N5/c1-4-13(15)10-18-5-7-19(8-6-18)14-16-11(2)9-12(3)17-14/h9,13H,4-8,10,15H2,1-3H3. The summed E-state index contributed by atoms with van der Waals surface area (Å²) in [5.74, 6) is 0.872. The maximum absolute atomic E-state index is 6.01. The van der Waals surface area contributed by atoms with Gasteiger partial charge in [0, 0.05) is 50.2 Å². The van der Waals surface area contributed by atoms with E-state index in [9.17, 15) is 0 Å². The van der Waals surface area contributed by atoms with Crippen molar-refractivity contribution in [1.29, 1.82) is 0 Å². The highest BCUT2D eigenvalue weighted by Gasteiger charge is 2.20. The minimum Gasteiger partial charge on any atom is -0.338 e. The molecule has 5 nitrogen and oxygen atoms in total. The van der Waals surface area contributed by atoms with Gasteiger partial charge in [0.15, 0.2) is 0 Å². The van der Waals surface area contributed by atoms with Gasteiger partial charge in [-0.1, -0.05) is 6.92 Å². The Morgan fingerprint density at radius 3 is 2.26 bits per heavy atom. The largest absolute Gasteiger partial charge is 0.338 e. The molecule has 1 saturated heterocycles. The van der Waals surface area contributed by atoms with Gasteiger partial charge in [-0.05, 0) is 26.3 Å². The molecule has 106 valence electrons. The summed E-state index contributed by atoms with van der Waals surface area (Å²) < 4.78 is 0. The summed E-state index contributed by atoms with van der Waals surface area (Å²) in [5.41, 5.74) is 8.09. The van der Waals surface area contributed by atoms with Gasteiger partial charge in [0.2, 0.25) is 5.95 Å². The highest BCUT2D eigenvalue weighted by atomic mass is 15.3. The van der Waals surface area contributed by atoms with Gasteiger partial charge < -0.3 is 10.6 Å². The molecule has 2 heterocycles. The molecule has 0 saturated carbocycles. The van der Waals surface area contributed by atoms with Crippen LogP contribution in [0.25, 0.3) is 0 Å². The average Bonchev–Trinajstić information content (AvgIpc) is 2.38. The Kier molecular flexibility index (Phi) is 4.71. The number of hydrogen-bond donors (Lipinski definition) is 1. The maximum atomic E-state index is 6.01. The zero-order valence-electron chi connectivity index (χ0n) is 12.3. The molecule has 2 N–H and O–H groups in total. The van der Waals surface area contributed by atoms with Gasteiger partial charge in [0.05, 0.1) is 0 Å². The van der Waals surface area contributed by atoms with Gasteiger partial charge in [-0.3, -0.25) is 4.90 Å². The first-order chi connectivity index (χ1) is 9.08. The van der Waals surface area contributed by atoms with Crippen molar-refractivity contribution in [3.63, 3.8) is 0 Å². The van der Waals surface area contributed by atoms with Crippen LogP contribution < -0.4 is 10.6 Å². The number of piperazine rings is 1. The second-order valence-corrected chi connectivity index (χ2v) is 5.41. The smallest absolute Gasteiger partial charge is 0.225 e. The maximum Gasteiger partial charge on any atom is 0.225 e. The SMILES string of the molecule is CCC(N)CN1CCN(c2nc(C)cc(C)n2)CC1. The zero-order chi connectivity index (χ0) is 13.8. The van der Waals surface area contributed by atoms with Crippen LogP contribution in [-0.4, -0.2) is 53.6 Å². The van der Waals surface area contributed by atoms with Crippen LogP contribution in [0.1, 0.15) is 24.7 Å². The van der Waals surface area contributed by atoms with Crippen molar-refractivity contribution in [3.05, 3.63) is 17.5 Å². The molecule has 0 aliphatic carbocycles. The predicted molar refractivity (Wildman–Crippen MR) is 78.4 cm³/mol. The molecule has 1 fully saturated rings. The second-order valence-electron chi connectivity index (χ2n) is 5.41. The molecule has 1 aliphatic rings. The third-order valence-electron chi connectivity index (χ3n) is 3.64. The summed E-state index contributed by atoms with van der Waals surface area (Å²) in [4.78, 5) is 13.8. The first kappa shape index (κ1) is 14.2. The van der Waals surface area contributed by atoms with Crippen LogP contribution in [-0.2, 0) is 0 Å². The molecule has 1 aromatic heterocycles. The van der Waals surface area contributed by atoms with E-state index in [2.05, 4.69) is 26.7 Å². The minimum atomic E-state index is 0.295. The van der Waals surface area contributed by atoms with Crippen LogP contribution in [0.4, 0.5) is 5.95 Å². The molecule has 0 amide bonds. The van der Waals surface area contributed by atoms with E-state index >= 15 is 0 Å². The first-order valence-corrected chi connectivity index (χ1v) is 7.13. The van der Waals surface area contributed by atoms with E-state index in [-0.39, 0.29) is 0 Å². The average molecular weight is 263 g/mol. The number of nitrogens with two attached hydrogens (primary N) is 1. The quantitative estimate of drug-likeness (QED) is 0.876. The summed E-state index contributed by atoms with van der Waals surface area (Å²) in [6.07, 6.45) is 1.04. The fourth-order valence-electron chi connectivity index (χ4n) is 2.44. The van der Waals surface area contributed by atoms with Crippen LogP contribution in [0.2, 0.25) is 0 Å². The second kappa shape index (κ2) is 6.30. The molecule has 5 heteroatoms. The number of rotatable bonds is 4. The Morgan fingerprint density at radius 2 is 1.74 bits per heavy atom. The van der Waals surface area contributed by atoms with Crippen molar-refractivity contribution in [1.82, 2.24) is 14.9 Å². The van der Waals surface area contributed by atoms with Crippen molar-refractivity contribution in [3.8, 4) is 0 Å². The van der Waals surface area contributed by atoms with Gasteiger partial charge in [0.25, 0.3) is 0 Å². The van der Waals surface area contributed by atoms with Crippen molar-refractivity contribution in [2.75, 3.05) is 37.6 Å². The molecule has 19 heavy (non-hydrogen) atoms. The van der Waals surface area contributed by atoms with Crippen LogP contribution >= 0.6 is 0 Å². The van der Waals surface area contributed by atoms with Gasteiger partial charge in [0.1, 0.15) is 0 Å². The molecule has 1 aromatic rings. The topological polar surface area (TPSA) is 58.3 Å². The normalized spacial score (nSPS) is 18.6. The summed E-state index contributed by atoms with van der Waals surface area (Å²) in [5, 5.41) is 0. The van der Waals surface area contributed by atoms with Crippen LogP contribution in [0.15, 0.2) is 6.07 Å². The highest BCUT2D eigenvalue weighted by Crippen LogP contribution is 2.13. The lowest BCUT2D eigenvalue weighted by Gasteiger charge is -2.35. The van der Waals surface area contributed by atoms with Crippen LogP contribution in [0.5, 0.6) is 0 Å². The lowest BCUT2D eigenvalue weighted by Crippen LogP contribution is -2.50. The van der Waals surface area contributed by atoms with Gasteiger partial charge in [-0.15, -0.1) is 0 Å². The lowest BCUT2D eigenvalue weighted by molar-refractivity contribution is 0.239. The Morgan fingerprint density at radius 1 is 1.16 bits per heavy atom.